The van der Waals surface area contributed by atoms with Crippen molar-refractivity contribution < 1.29 is 14.3 Å². The van der Waals surface area contributed by atoms with E-state index in [9.17, 15) is 4.79 Å². The van der Waals surface area contributed by atoms with Crippen LogP contribution in [0.15, 0.2) is 65.0 Å². The molecule has 7 nitrogen and oxygen atoms in total. The molecule has 1 aliphatic heterocycles. The molecule has 2 heterocycles. The van der Waals surface area contributed by atoms with E-state index in [0.29, 0.717) is 29.0 Å². The van der Waals surface area contributed by atoms with Crippen LogP contribution in [-0.2, 0) is 15.3 Å². The monoisotopic (exact) mass is 580 g/mol. The van der Waals surface area contributed by atoms with Gasteiger partial charge in [0.25, 0.3) is 0 Å². The molecule has 2 aliphatic rings. The van der Waals surface area contributed by atoms with Crippen LogP contribution in [0.3, 0.4) is 0 Å². The first-order chi connectivity index (χ1) is 19.5. The number of hydrogen-bond acceptors (Lipinski definition) is 7. The SMILES string of the molecule is CCCCCOc1ccc(C2C(C(=O)OC3CCCCC3)=C(C)Nc3nc(SCc4ccccc4Cl)nn32)cc1. The molecule has 1 aliphatic carbocycles. The minimum absolute atomic E-state index is 0.0417. The molecule has 0 saturated heterocycles. The average Bonchev–Trinajstić information content (AvgIpc) is 3.37. The Morgan fingerprint density at radius 2 is 1.88 bits per heavy atom. The molecule has 1 unspecified atom stereocenters. The largest absolute Gasteiger partial charge is 0.494 e. The molecule has 212 valence electrons. The number of benzene rings is 2. The molecule has 1 aromatic heterocycles. The van der Waals surface area contributed by atoms with Gasteiger partial charge in [-0.05, 0) is 68.4 Å². The Bertz CT molecular complexity index is 1330. The van der Waals surface area contributed by atoms with E-state index in [4.69, 9.17) is 31.2 Å². The number of esters is 1. The van der Waals surface area contributed by atoms with Crippen LogP contribution in [-0.4, -0.2) is 33.4 Å². The molecule has 1 saturated carbocycles. The Kier molecular flexibility index (Phi) is 9.70. The zero-order valence-electron chi connectivity index (χ0n) is 23.2. The minimum atomic E-state index is -0.469. The maximum Gasteiger partial charge on any atom is 0.338 e. The normalized spacial score (nSPS) is 17.3. The molecular weight excluding hydrogens is 544 g/mol. The van der Waals surface area contributed by atoms with Gasteiger partial charge in [-0.3, -0.25) is 0 Å². The summed E-state index contributed by atoms with van der Waals surface area (Å²) in [6, 6.07) is 15.3. The number of fused-ring (bicyclic) bond motifs is 1. The van der Waals surface area contributed by atoms with Crippen LogP contribution in [0, 0.1) is 0 Å². The van der Waals surface area contributed by atoms with Gasteiger partial charge in [0.1, 0.15) is 17.9 Å². The number of unbranched alkanes of at least 4 members (excludes halogenated alkanes) is 2. The summed E-state index contributed by atoms with van der Waals surface area (Å²) in [6.45, 7) is 4.78. The maximum absolute atomic E-state index is 13.7. The fourth-order valence-electron chi connectivity index (χ4n) is 5.21. The predicted molar refractivity (Wildman–Crippen MR) is 160 cm³/mol. The zero-order valence-corrected chi connectivity index (χ0v) is 24.8. The smallest absolute Gasteiger partial charge is 0.338 e. The lowest BCUT2D eigenvalue weighted by atomic mass is 9.95. The third kappa shape index (κ3) is 6.84. The second-order valence-corrected chi connectivity index (χ2v) is 11.7. The molecule has 0 bridgehead atoms. The van der Waals surface area contributed by atoms with Gasteiger partial charge in [-0.25, -0.2) is 9.48 Å². The standard InChI is InChI=1S/C31H37ClN4O3S/c1-3-4-10-19-38-24-17-15-22(16-18-24)28-27(29(37)39-25-12-6-5-7-13-25)21(2)33-30-34-31(35-36(28)30)40-20-23-11-8-9-14-26(23)32/h8-9,11,14-18,25,28H,3-7,10,12-13,19-20H2,1-2H3,(H,33,34,35). The molecule has 3 aromatic rings. The number of halogens is 1. The van der Waals surface area contributed by atoms with E-state index < -0.39 is 6.04 Å². The molecule has 0 amide bonds. The number of nitrogens with one attached hydrogen (secondary N) is 1. The number of rotatable bonds is 11. The second kappa shape index (κ2) is 13.6. The van der Waals surface area contributed by atoms with E-state index >= 15 is 0 Å². The maximum atomic E-state index is 13.7. The summed E-state index contributed by atoms with van der Waals surface area (Å²) < 4.78 is 13.8. The molecule has 0 radical (unpaired) electrons. The summed E-state index contributed by atoms with van der Waals surface area (Å²) in [4.78, 5) is 18.4. The fourth-order valence-corrected chi connectivity index (χ4v) is 6.32. The van der Waals surface area contributed by atoms with Crippen LogP contribution in [0.4, 0.5) is 5.95 Å². The second-order valence-electron chi connectivity index (χ2n) is 10.4. The molecule has 40 heavy (non-hydrogen) atoms. The van der Waals surface area contributed by atoms with Crippen LogP contribution in [0.1, 0.15) is 82.4 Å². The Hall–Kier alpha value is -2.97. The van der Waals surface area contributed by atoms with E-state index in [2.05, 4.69) is 12.2 Å². The summed E-state index contributed by atoms with van der Waals surface area (Å²) in [5.74, 6) is 1.75. The van der Waals surface area contributed by atoms with Crippen molar-refractivity contribution in [2.75, 3.05) is 11.9 Å². The highest BCUT2D eigenvalue weighted by Gasteiger charge is 2.36. The quantitative estimate of drug-likeness (QED) is 0.140. The van der Waals surface area contributed by atoms with Crippen molar-refractivity contribution in [3.05, 3.63) is 76.0 Å². The van der Waals surface area contributed by atoms with Crippen molar-refractivity contribution in [2.45, 2.75) is 88.3 Å². The highest BCUT2D eigenvalue weighted by molar-refractivity contribution is 7.98. The number of carbonyl (C=O) groups is 1. The van der Waals surface area contributed by atoms with Crippen molar-refractivity contribution in [2.24, 2.45) is 0 Å². The Morgan fingerprint density at radius 1 is 1.10 bits per heavy atom. The summed E-state index contributed by atoms with van der Waals surface area (Å²) >= 11 is 7.88. The number of aromatic nitrogens is 3. The molecule has 1 fully saturated rings. The first-order valence-electron chi connectivity index (χ1n) is 14.3. The number of ether oxygens (including phenoxy) is 2. The number of anilines is 1. The van der Waals surface area contributed by atoms with Gasteiger partial charge in [-0.1, -0.05) is 79.9 Å². The Balaban J connectivity index is 1.41. The number of thioether (sulfide) groups is 1. The van der Waals surface area contributed by atoms with E-state index in [1.54, 1.807) is 4.68 Å². The van der Waals surface area contributed by atoms with Gasteiger partial charge < -0.3 is 14.8 Å². The van der Waals surface area contributed by atoms with Gasteiger partial charge in [-0.15, -0.1) is 5.10 Å². The zero-order chi connectivity index (χ0) is 27.9. The number of hydrogen-bond donors (Lipinski definition) is 1. The highest BCUT2D eigenvalue weighted by Crippen LogP contribution is 2.38. The van der Waals surface area contributed by atoms with Crippen LogP contribution >= 0.6 is 23.4 Å². The molecule has 1 N–H and O–H groups in total. The Labute approximate surface area is 245 Å². The van der Waals surface area contributed by atoms with E-state index in [-0.39, 0.29) is 12.1 Å². The van der Waals surface area contributed by atoms with Crippen LogP contribution in [0.25, 0.3) is 0 Å². The molecule has 9 heteroatoms. The molecule has 1 atom stereocenters. The lowest BCUT2D eigenvalue weighted by Crippen LogP contribution is -2.32. The van der Waals surface area contributed by atoms with Gasteiger partial charge in [0.05, 0.1) is 12.2 Å². The van der Waals surface area contributed by atoms with Crippen molar-refractivity contribution in [3.8, 4) is 5.75 Å². The number of allylic oxidation sites excluding steroid dienone is 1. The predicted octanol–water partition coefficient (Wildman–Crippen LogP) is 7.96. The summed E-state index contributed by atoms with van der Waals surface area (Å²) in [7, 11) is 0. The Morgan fingerprint density at radius 3 is 2.62 bits per heavy atom. The minimum Gasteiger partial charge on any atom is -0.494 e. The van der Waals surface area contributed by atoms with Gasteiger partial charge in [0.15, 0.2) is 0 Å². The van der Waals surface area contributed by atoms with Gasteiger partial charge >= 0.3 is 5.97 Å². The highest BCUT2D eigenvalue weighted by atomic mass is 35.5. The van der Waals surface area contributed by atoms with E-state index in [1.165, 1.54) is 18.2 Å². The summed E-state index contributed by atoms with van der Waals surface area (Å²) in [5.41, 5.74) is 3.23. The van der Waals surface area contributed by atoms with Crippen molar-refractivity contribution >= 4 is 35.3 Å². The van der Waals surface area contributed by atoms with E-state index in [1.807, 2.05) is 55.5 Å². The summed E-state index contributed by atoms with van der Waals surface area (Å²) in [6.07, 6.45) is 8.51. The lowest BCUT2D eigenvalue weighted by molar-refractivity contribution is -0.146. The molecule has 5 rings (SSSR count). The molecule has 2 aromatic carbocycles. The molecule has 0 spiro atoms. The number of carbonyl (C=O) groups excluding carboxylic acids is 1. The number of nitrogens with zero attached hydrogens (tertiary/aromatic N) is 3. The van der Waals surface area contributed by atoms with Crippen LogP contribution < -0.4 is 10.1 Å². The topological polar surface area (TPSA) is 78.3 Å². The van der Waals surface area contributed by atoms with Crippen LogP contribution in [0.5, 0.6) is 5.75 Å². The van der Waals surface area contributed by atoms with E-state index in [0.717, 1.165) is 72.5 Å². The summed E-state index contributed by atoms with van der Waals surface area (Å²) in [5, 5.41) is 9.49. The van der Waals surface area contributed by atoms with Gasteiger partial charge in [0.2, 0.25) is 11.1 Å². The third-order valence-electron chi connectivity index (χ3n) is 7.41. The van der Waals surface area contributed by atoms with Crippen LogP contribution in [0.2, 0.25) is 5.02 Å². The third-order valence-corrected chi connectivity index (χ3v) is 8.66. The van der Waals surface area contributed by atoms with Crippen molar-refractivity contribution in [1.82, 2.24) is 14.8 Å². The van der Waals surface area contributed by atoms with Gasteiger partial charge in [-0.2, -0.15) is 4.98 Å². The van der Waals surface area contributed by atoms with Crippen molar-refractivity contribution in [1.29, 1.82) is 0 Å². The van der Waals surface area contributed by atoms with Crippen molar-refractivity contribution in [3.63, 3.8) is 0 Å². The fraction of sp³-hybridized carbons (Fsp3) is 0.452. The molecular formula is C31H37ClN4O3S. The van der Waals surface area contributed by atoms with Gasteiger partial charge in [0, 0.05) is 16.5 Å². The first-order valence-corrected chi connectivity index (χ1v) is 15.6. The average molecular weight is 581 g/mol. The lowest BCUT2D eigenvalue weighted by Gasteiger charge is -2.30. The first kappa shape index (κ1) is 28.6.